The number of ether oxygens (including phenoxy) is 2. The van der Waals surface area contributed by atoms with E-state index in [0.717, 1.165) is 32.1 Å². The highest BCUT2D eigenvalue weighted by Crippen LogP contribution is 2.72. The molecule has 0 amide bonds. The van der Waals surface area contributed by atoms with Gasteiger partial charge in [-0.25, -0.2) is 0 Å². The largest absolute Gasteiger partial charge is 0.481 e. The topological polar surface area (TPSA) is 76.0 Å². The van der Waals surface area contributed by atoms with Crippen LogP contribution in [-0.2, 0) is 14.3 Å². The number of aliphatic hydroxyl groups is 1. The highest BCUT2D eigenvalue weighted by atomic mass is 16.5. The van der Waals surface area contributed by atoms with Crippen molar-refractivity contribution in [3.05, 3.63) is 0 Å². The molecule has 2 N–H and O–H groups in total. The molecule has 4 aliphatic carbocycles. The van der Waals surface area contributed by atoms with E-state index in [1.165, 1.54) is 6.42 Å². The molecular weight excluding hydrogens is 404 g/mol. The van der Waals surface area contributed by atoms with Gasteiger partial charge in [-0.3, -0.25) is 4.79 Å². The Kier molecular flexibility index (Phi) is 5.74. The van der Waals surface area contributed by atoms with Gasteiger partial charge in [0.1, 0.15) is 0 Å². The maximum atomic E-state index is 11.8. The second-order valence-electron chi connectivity index (χ2n) is 12.7. The van der Waals surface area contributed by atoms with Gasteiger partial charge in [-0.05, 0) is 98.7 Å². The summed E-state index contributed by atoms with van der Waals surface area (Å²) in [4.78, 5) is 11.2. The molecule has 32 heavy (non-hydrogen) atoms. The van der Waals surface area contributed by atoms with Gasteiger partial charge in [0.05, 0.1) is 24.4 Å². The first-order valence-electron chi connectivity index (χ1n) is 13.2. The fourth-order valence-corrected chi connectivity index (χ4v) is 9.96. The Bertz CT molecular complexity index is 740. The molecule has 5 aliphatic rings. The summed E-state index contributed by atoms with van der Waals surface area (Å²) in [6.45, 7) is 9.34. The van der Waals surface area contributed by atoms with Crippen LogP contribution in [0.15, 0.2) is 0 Å². The molecule has 1 saturated heterocycles. The van der Waals surface area contributed by atoms with Crippen LogP contribution in [0.5, 0.6) is 0 Å². The van der Waals surface area contributed by atoms with Crippen molar-refractivity contribution < 1.29 is 24.5 Å². The zero-order valence-electron chi connectivity index (χ0n) is 20.6. The van der Waals surface area contributed by atoms with Gasteiger partial charge >= 0.3 is 5.97 Å². The van der Waals surface area contributed by atoms with Crippen LogP contribution in [-0.4, -0.2) is 47.7 Å². The minimum Gasteiger partial charge on any atom is -0.481 e. The van der Waals surface area contributed by atoms with Crippen LogP contribution in [0, 0.1) is 52.3 Å². The predicted octanol–water partition coefficient (Wildman–Crippen LogP) is 4.76. The maximum absolute atomic E-state index is 11.8. The van der Waals surface area contributed by atoms with Crippen molar-refractivity contribution in [2.45, 2.75) is 103 Å². The minimum atomic E-state index is -0.712. The molecule has 5 heteroatoms. The lowest BCUT2D eigenvalue weighted by Gasteiger charge is -2.66. The van der Waals surface area contributed by atoms with Crippen molar-refractivity contribution in [1.82, 2.24) is 0 Å². The van der Waals surface area contributed by atoms with Crippen LogP contribution in [0.4, 0.5) is 0 Å². The molecule has 5 rings (SSSR count). The van der Waals surface area contributed by atoms with Gasteiger partial charge in [0.2, 0.25) is 0 Å². The number of methoxy groups -OCH3 is 1. The molecule has 5 fully saturated rings. The molecule has 13 atom stereocenters. The number of carboxylic acids is 1. The Labute approximate surface area is 193 Å². The highest BCUT2D eigenvalue weighted by molar-refractivity contribution is 5.66. The van der Waals surface area contributed by atoms with Crippen molar-refractivity contribution in [2.75, 3.05) is 7.11 Å². The number of aliphatic hydroxyl groups excluding tert-OH is 1. The molecule has 0 aromatic rings. The van der Waals surface area contributed by atoms with Gasteiger partial charge < -0.3 is 19.7 Å². The third kappa shape index (κ3) is 3.16. The number of hydrogen-bond acceptors (Lipinski definition) is 4. The van der Waals surface area contributed by atoms with Crippen LogP contribution in [0.3, 0.4) is 0 Å². The molecular formula is C27H44O5. The van der Waals surface area contributed by atoms with Crippen molar-refractivity contribution >= 4 is 5.97 Å². The lowest BCUT2D eigenvalue weighted by atomic mass is 9.42. The quantitative estimate of drug-likeness (QED) is 0.634. The summed E-state index contributed by atoms with van der Waals surface area (Å²) < 4.78 is 12.6. The average Bonchev–Trinajstić information content (AvgIpc) is 3.08. The molecule has 1 aliphatic heterocycles. The normalized spacial score (nSPS) is 55.1. The molecule has 4 saturated carbocycles. The molecule has 0 radical (unpaired) electrons. The summed E-state index contributed by atoms with van der Waals surface area (Å²) in [6, 6.07) is 0. The molecule has 13 unspecified atom stereocenters. The maximum Gasteiger partial charge on any atom is 0.303 e. The van der Waals surface area contributed by atoms with E-state index in [9.17, 15) is 15.0 Å². The summed E-state index contributed by atoms with van der Waals surface area (Å²) in [6.07, 6.45) is 8.03. The van der Waals surface area contributed by atoms with E-state index in [4.69, 9.17) is 9.47 Å². The fraction of sp³-hybridized carbons (Fsp3) is 0.963. The monoisotopic (exact) mass is 448 g/mol. The SMILES string of the molecule is COC1CCC2(C)C(C1)CC1OC(C)C3CC(C(C)CCC(=O)O)C4(C)C(O)CC2C1C34. The van der Waals surface area contributed by atoms with E-state index < -0.39 is 5.97 Å². The van der Waals surface area contributed by atoms with Crippen LogP contribution >= 0.6 is 0 Å². The van der Waals surface area contributed by atoms with E-state index in [2.05, 4.69) is 27.7 Å². The van der Waals surface area contributed by atoms with E-state index in [-0.39, 0.29) is 29.5 Å². The molecule has 1 heterocycles. The molecule has 0 bridgehead atoms. The Hall–Kier alpha value is -0.650. The molecule has 5 nitrogen and oxygen atoms in total. The van der Waals surface area contributed by atoms with Crippen molar-refractivity contribution in [1.29, 1.82) is 0 Å². The Balaban J connectivity index is 1.49. The first kappa shape index (κ1) is 23.1. The second-order valence-corrected chi connectivity index (χ2v) is 12.7. The zero-order valence-corrected chi connectivity index (χ0v) is 20.6. The number of hydrogen-bond donors (Lipinski definition) is 2. The predicted molar refractivity (Wildman–Crippen MR) is 122 cm³/mol. The van der Waals surface area contributed by atoms with Crippen LogP contribution in [0.1, 0.15) is 79.1 Å². The number of fused-ring (bicyclic) bond motifs is 2. The lowest BCUT2D eigenvalue weighted by molar-refractivity contribution is -0.263. The number of rotatable bonds is 5. The average molecular weight is 449 g/mol. The second kappa shape index (κ2) is 7.95. The third-order valence-corrected chi connectivity index (χ3v) is 11.7. The van der Waals surface area contributed by atoms with Crippen molar-refractivity contribution in [3.8, 4) is 0 Å². The van der Waals surface area contributed by atoms with Crippen LogP contribution in [0.2, 0.25) is 0 Å². The van der Waals surface area contributed by atoms with Crippen LogP contribution < -0.4 is 0 Å². The summed E-state index contributed by atoms with van der Waals surface area (Å²) >= 11 is 0. The number of carboxylic acid groups (broad SMARTS) is 1. The number of aliphatic carboxylic acids is 1. The molecule has 0 spiro atoms. The van der Waals surface area contributed by atoms with Gasteiger partial charge in [-0.1, -0.05) is 20.8 Å². The first-order valence-corrected chi connectivity index (χ1v) is 13.2. The third-order valence-electron chi connectivity index (χ3n) is 11.7. The standard InChI is InChI=1S/C27H44O5/c1-14(6-7-23(29)30)19-12-18-15(2)32-21-11-16-10-17(31-5)8-9-26(16,3)20-13-22(28)27(19,4)25(18)24(20)21/h14-22,24-25,28H,6-13H2,1-5H3,(H,29,30). The fourth-order valence-electron chi connectivity index (χ4n) is 9.96. The molecule has 0 aromatic carbocycles. The Morgan fingerprint density at radius 2 is 1.97 bits per heavy atom. The van der Waals surface area contributed by atoms with E-state index in [0.29, 0.717) is 60.1 Å². The number of carbonyl (C=O) groups is 1. The van der Waals surface area contributed by atoms with Crippen molar-refractivity contribution in [3.63, 3.8) is 0 Å². The lowest BCUT2D eigenvalue weighted by Crippen LogP contribution is -2.66. The van der Waals surface area contributed by atoms with Gasteiger partial charge in [0.25, 0.3) is 0 Å². The van der Waals surface area contributed by atoms with Crippen LogP contribution in [0.25, 0.3) is 0 Å². The van der Waals surface area contributed by atoms with Gasteiger partial charge in [-0.2, -0.15) is 0 Å². The van der Waals surface area contributed by atoms with Gasteiger partial charge in [0, 0.05) is 18.9 Å². The Morgan fingerprint density at radius 3 is 2.66 bits per heavy atom. The highest BCUT2D eigenvalue weighted by Gasteiger charge is 2.70. The van der Waals surface area contributed by atoms with E-state index in [1.54, 1.807) is 0 Å². The summed E-state index contributed by atoms with van der Waals surface area (Å²) in [7, 11) is 1.85. The zero-order chi connectivity index (χ0) is 23.0. The Morgan fingerprint density at radius 1 is 1.22 bits per heavy atom. The van der Waals surface area contributed by atoms with Crippen molar-refractivity contribution in [2.24, 2.45) is 52.3 Å². The molecule has 182 valence electrons. The summed E-state index contributed by atoms with van der Waals surface area (Å²) in [5, 5.41) is 21.1. The summed E-state index contributed by atoms with van der Waals surface area (Å²) in [5.41, 5.74) is 0.132. The summed E-state index contributed by atoms with van der Waals surface area (Å²) in [5.74, 6) is 2.58. The van der Waals surface area contributed by atoms with Gasteiger partial charge in [-0.15, -0.1) is 0 Å². The van der Waals surface area contributed by atoms with Gasteiger partial charge in [0.15, 0.2) is 0 Å². The van der Waals surface area contributed by atoms with E-state index >= 15 is 0 Å². The molecule has 0 aromatic heterocycles. The minimum absolute atomic E-state index is 0.132. The first-order chi connectivity index (χ1) is 15.1. The van der Waals surface area contributed by atoms with E-state index in [1.807, 2.05) is 7.11 Å². The smallest absolute Gasteiger partial charge is 0.303 e.